The van der Waals surface area contributed by atoms with E-state index < -0.39 is 0 Å². The maximum atomic E-state index is 12.1. The molecule has 0 unspecified atom stereocenters. The number of carbonyl (C=O) groups excluding carboxylic acids is 1. The highest BCUT2D eigenvalue weighted by atomic mass is 16.5. The second kappa shape index (κ2) is 8.15. The van der Waals surface area contributed by atoms with Crippen molar-refractivity contribution >= 4 is 5.78 Å². The molecule has 0 heterocycles. The van der Waals surface area contributed by atoms with E-state index in [1.165, 1.54) is 24.0 Å². The quantitative estimate of drug-likeness (QED) is 0.556. The van der Waals surface area contributed by atoms with Gasteiger partial charge >= 0.3 is 0 Å². The zero-order valence-electron chi connectivity index (χ0n) is 11.9. The molecule has 1 aliphatic rings. The molecule has 2 N–H and O–H groups in total. The van der Waals surface area contributed by atoms with Crippen LogP contribution in [0.4, 0.5) is 0 Å². The molecule has 1 aromatic carbocycles. The molecule has 0 radical (unpaired) electrons. The zero-order valence-corrected chi connectivity index (χ0v) is 11.9. The Labute approximate surface area is 120 Å². The lowest BCUT2D eigenvalue weighted by Gasteiger charge is -2.16. The summed E-state index contributed by atoms with van der Waals surface area (Å²) in [6.07, 6.45) is 4.73. The van der Waals surface area contributed by atoms with Gasteiger partial charge in [0, 0.05) is 12.1 Å². The highest BCUT2D eigenvalue weighted by Gasteiger charge is 2.12. The molecule has 0 saturated carbocycles. The van der Waals surface area contributed by atoms with Gasteiger partial charge in [-0.1, -0.05) is 12.1 Å². The van der Waals surface area contributed by atoms with Crippen LogP contribution >= 0.6 is 0 Å². The predicted octanol–water partition coefficient (Wildman–Crippen LogP) is 1.35. The lowest BCUT2D eigenvalue weighted by Crippen LogP contribution is -2.27. The van der Waals surface area contributed by atoms with Crippen molar-refractivity contribution in [3.8, 4) is 0 Å². The summed E-state index contributed by atoms with van der Waals surface area (Å²) in [4.78, 5) is 12.1. The first-order valence-corrected chi connectivity index (χ1v) is 7.35. The SMILES string of the molecule is O=C(CNCCOCCO)c1ccc2c(c1)CCCC2. The number of carbonyl (C=O) groups is 1. The minimum Gasteiger partial charge on any atom is -0.394 e. The number of aliphatic hydroxyl groups excluding tert-OH is 1. The minimum atomic E-state index is 0.0358. The van der Waals surface area contributed by atoms with E-state index in [9.17, 15) is 4.79 Å². The van der Waals surface area contributed by atoms with Crippen LogP contribution in [0.25, 0.3) is 0 Å². The molecular formula is C16H23NO3. The number of aryl methyl sites for hydroxylation is 2. The number of benzene rings is 1. The average molecular weight is 277 g/mol. The molecule has 1 aromatic rings. The fourth-order valence-corrected chi connectivity index (χ4v) is 2.52. The molecule has 20 heavy (non-hydrogen) atoms. The highest BCUT2D eigenvalue weighted by Crippen LogP contribution is 2.22. The largest absolute Gasteiger partial charge is 0.394 e. The lowest BCUT2D eigenvalue weighted by molar-refractivity contribution is 0.0906. The molecule has 0 atom stereocenters. The van der Waals surface area contributed by atoms with Crippen LogP contribution < -0.4 is 5.32 Å². The van der Waals surface area contributed by atoms with E-state index in [4.69, 9.17) is 9.84 Å². The molecule has 110 valence electrons. The summed E-state index contributed by atoms with van der Waals surface area (Å²) in [5.41, 5.74) is 3.54. The average Bonchev–Trinajstić information content (AvgIpc) is 2.50. The summed E-state index contributed by atoms with van der Waals surface area (Å²) in [6, 6.07) is 6.10. The van der Waals surface area contributed by atoms with Gasteiger partial charge in [0.25, 0.3) is 0 Å². The summed E-state index contributed by atoms with van der Waals surface area (Å²) in [5.74, 6) is 0.125. The first-order chi connectivity index (χ1) is 9.81. The topological polar surface area (TPSA) is 58.6 Å². The van der Waals surface area contributed by atoms with Crippen molar-refractivity contribution < 1.29 is 14.6 Å². The van der Waals surface area contributed by atoms with Gasteiger partial charge in [0.2, 0.25) is 0 Å². The fourth-order valence-electron chi connectivity index (χ4n) is 2.52. The van der Waals surface area contributed by atoms with Crippen LogP contribution in [0.1, 0.15) is 34.3 Å². The molecule has 0 aromatic heterocycles. The van der Waals surface area contributed by atoms with Gasteiger partial charge in [-0.25, -0.2) is 0 Å². The zero-order chi connectivity index (χ0) is 14.2. The first kappa shape index (κ1) is 15.2. The van der Waals surface area contributed by atoms with Crippen molar-refractivity contribution in [3.05, 3.63) is 34.9 Å². The van der Waals surface area contributed by atoms with Gasteiger partial charge in [-0.3, -0.25) is 4.79 Å². The smallest absolute Gasteiger partial charge is 0.176 e. The van der Waals surface area contributed by atoms with Gasteiger partial charge in [-0.15, -0.1) is 0 Å². The summed E-state index contributed by atoms with van der Waals surface area (Å²) in [5, 5.41) is 11.6. The number of nitrogens with one attached hydrogen (secondary N) is 1. The molecule has 0 saturated heterocycles. The van der Waals surface area contributed by atoms with Crippen molar-refractivity contribution in [2.75, 3.05) is 32.9 Å². The normalized spacial score (nSPS) is 14.1. The van der Waals surface area contributed by atoms with E-state index in [-0.39, 0.29) is 12.4 Å². The molecule has 0 spiro atoms. The molecule has 4 heteroatoms. The molecule has 0 aliphatic heterocycles. The predicted molar refractivity (Wildman–Crippen MR) is 78.2 cm³/mol. The number of rotatable bonds is 8. The third kappa shape index (κ3) is 4.40. The second-order valence-corrected chi connectivity index (χ2v) is 5.13. The highest BCUT2D eigenvalue weighted by molar-refractivity contribution is 5.97. The Bertz CT molecular complexity index is 445. The van der Waals surface area contributed by atoms with Crippen LogP contribution in [0.15, 0.2) is 18.2 Å². The van der Waals surface area contributed by atoms with Gasteiger partial charge in [0.1, 0.15) is 0 Å². The van der Waals surface area contributed by atoms with E-state index in [1.54, 1.807) is 0 Å². The summed E-state index contributed by atoms with van der Waals surface area (Å²) < 4.78 is 5.12. The summed E-state index contributed by atoms with van der Waals surface area (Å²) in [7, 11) is 0. The van der Waals surface area contributed by atoms with Gasteiger partial charge in [-0.2, -0.15) is 0 Å². The summed E-state index contributed by atoms with van der Waals surface area (Å²) >= 11 is 0. The maximum Gasteiger partial charge on any atom is 0.176 e. The van der Waals surface area contributed by atoms with Crippen molar-refractivity contribution in [2.45, 2.75) is 25.7 Å². The standard InChI is InChI=1S/C16H23NO3/c18-8-10-20-9-7-17-12-16(19)15-6-5-13-3-1-2-4-14(13)11-15/h5-6,11,17-18H,1-4,7-10,12H2. The van der Waals surface area contributed by atoms with Crippen LogP contribution in [0.2, 0.25) is 0 Å². The van der Waals surface area contributed by atoms with Crippen LogP contribution in [0.5, 0.6) is 0 Å². The number of Topliss-reactive ketones (excluding diaryl/α,β-unsaturated/α-hetero) is 1. The fraction of sp³-hybridized carbons (Fsp3) is 0.562. The number of aliphatic hydroxyl groups is 1. The summed E-state index contributed by atoms with van der Waals surface area (Å²) in [6.45, 7) is 1.85. The Kier molecular flexibility index (Phi) is 6.18. The van der Waals surface area contributed by atoms with Crippen LogP contribution in [-0.4, -0.2) is 43.8 Å². The van der Waals surface area contributed by atoms with Gasteiger partial charge < -0.3 is 15.2 Å². The molecule has 0 amide bonds. The second-order valence-electron chi connectivity index (χ2n) is 5.13. The molecule has 4 nitrogen and oxygen atoms in total. The number of ketones is 1. The Morgan fingerprint density at radius 1 is 1.20 bits per heavy atom. The lowest BCUT2D eigenvalue weighted by atomic mass is 9.90. The van der Waals surface area contributed by atoms with Crippen molar-refractivity contribution in [3.63, 3.8) is 0 Å². The van der Waals surface area contributed by atoms with E-state index >= 15 is 0 Å². The van der Waals surface area contributed by atoms with Gasteiger partial charge in [-0.05, 0) is 42.9 Å². The molecule has 0 bridgehead atoms. The van der Waals surface area contributed by atoms with E-state index in [2.05, 4.69) is 17.4 Å². The monoisotopic (exact) mass is 277 g/mol. The van der Waals surface area contributed by atoms with Crippen molar-refractivity contribution in [2.24, 2.45) is 0 Å². The third-order valence-electron chi connectivity index (χ3n) is 3.61. The van der Waals surface area contributed by atoms with Gasteiger partial charge in [0.05, 0.1) is 26.4 Å². The number of ether oxygens (including phenoxy) is 1. The van der Waals surface area contributed by atoms with E-state index in [1.807, 2.05) is 6.07 Å². The van der Waals surface area contributed by atoms with E-state index in [0.29, 0.717) is 26.3 Å². The van der Waals surface area contributed by atoms with Crippen LogP contribution in [0, 0.1) is 0 Å². The first-order valence-electron chi connectivity index (χ1n) is 7.35. The minimum absolute atomic E-state index is 0.0358. The molecule has 2 rings (SSSR count). The van der Waals surface area contributed by atoms with Gasteiger partial charge in [0.15, 0.2) is 5.78 Å². The Morgan fingerprint density at radius 2 is 2.00 bits per heavy atom. The number of hydrogen-bond donors (Lipinski definition) is 2. The maximum absolute atomic E-state index is 12.1. The Morgan fingerprint density at radius 3 is 2.80 bits per heavy atom. The number of hydrogen-bond acceptors (Lipinski definition) is 4. The number of fused-ring (bicyclic) bond motifs is 1. The van der Waals surface area contributed by atoms with Crippen molar-refractivity contribution in [1.82, 2.24) is 5.32 Å². The molecular weight excluding hydrogens is 254 g/mol. The Balaban J connectivity index is 1.77. The third-order valence-corrected chi connectivity index (χ3v) is 3.61. The molecule has 0 fully saturated rings. The molecule has 1 aliphatic carbocycles. The Hall–Kier alpha value is -1.23. The van der Waals surface area contributed by atoms with E-state index in [0.717, 1.165) is 18.4 Å². The van der Waals surface area contributed by atoms with Crippen molar-refractivity contribution in [1.29, 1.82) is 0 Å². The van der Waals surface area contributed by atoms with Crippen LogP contribution in [-0.2, 0) is 17.6 Å². The van der Waals surface area contributed by atoms with Crippen LogP contribution in [0.3, 0.4) is 0 Å².